The summed E-state index contributed by atoms with van der Waals surface area (Å²) in [7, 11) is 0. The smallest absolute Gasteiger partial charge is 0.248 e. The summed E-state index contributed by atoms with van der Waals surface area (Å²) in [5.41, 5.74) is 14.3. The zero-order chi connectivity index (χ0) is 14.0. The molecule has 4 N–H and O–H groups in total. The van der Waals surface area contributed by atoms with Crippen molar-refractivity contribution in [2.45, 2.75) is 32.9 Å². The largest absolute Gasteiger partial charge is 0.366 e. The molecule has 104 valence electrons. The van der Waals surface area contributed by atoms with Gasteiger partial charge in [0.15, 0.2) is 0 Å². The number of hydrogen-bond acceptors (Lipinski definition) is 3. The fraction of sp³-hybridized carbons (Fsp3) is 0.533. The topological polar surface area (TPSA) is 72.4 Å². The summed E-state index contributed by atoms with van der Waals surface area (Å²) in [6, 6.07) is 6.02. The van der Waals surface area contributed by atoms with Gasteiger partial charge in [0.25, 0.3) is 0 Å². The van der Waals surface area contributed by atoms with Crippen LogP contribution in [-0.4, -0.2) is 29.9 Å². The van der Waals surface area contributed by atoms with Crippen LogP contribution in [0.3, 0.4) is 0 Å². The molecule has 0 saturated carbocycles. The number of nitrogens with zero attached hydrogens (tertiary/aromatic N) is 1. The number of hydrogen-bond donors (Lipinski definition) is 2. The number of aryl methyl sites for hydroxylation is 1. The van der Waals surface area contributed by atoms with E-state index in [1.54, 1.807) is 0 Å². The number of rotatable bonds is 3. The fourth-order valence-electron chi connectivity index (χ4n) is 2.66. The SMILES string of the molecule is Cc1cc(C(N)=O)ccc1CN1CCC(N)C(C)C1. The van der Waals surface area contributed by atoms with E-state index in [1.807, 2.05) is 25.1 Å². The summed E-state index contributed by atoms with van der Waals surface area (Å²) in [5.74, 6) is 0.172. The molecular formula is C15H23N3O. The van der Waals surface area contributed by atoms with Gasteiger partial charge in [-0.05, 0) is 49.1 Å². The molecule has 2 atom stereocenters. The van der Waals surface area contributed by atoms with Crippen LogP contribution in [0.25, 0.3) is 0 Å². The first-order chi connectivity index (χ1) is 8.97. The maximum absolute atomic E-state index is 11.1. The van der Waals surface area contributed by atoms with Crippen LogP contribution in [-0.2, 0) is 6.54 Å². The zero-order valence-corrected chi connectivity index (χ0v) is 11.7. The van der Waals surface area contributed by atoms with Crippen molar-refractivity contribution < 1.29 is 4.79 Å². The lowest BCUT2D eigenvalue weighted by Gasteiger charge is -2.35. The highest BCUT2D eigenvalue weighted by molar-refractivity contribution is 5.93. The van der Waals surface area contributed by atoms with Crippen LogP contribution >= 0.6 is 0 Å². The van der Waals surface area contributed by atoms with Crippen molar-refractivity contribution in [3.05, 3.63) is 34.9 Å². The first-order valence-corrected chi connectivity index (χ1v) is 6.84. The number of carbonyl (C=O) groups excluding carboxylic acids is 1. The van der Waals surface area contributed by atoms with Crippen LogP contribution in [0.1, 0.15) is 34.8 Å². The van der Waals surface area contributed by atoms with Gasteiger partial charge in [-0.3, -0.25) is 9.69 Å². The first-order valence-electron chi connectivity index (χ1n) is 6.84. The normalized spacial score (nSPS) is 24.4. The van der Waals surface area contributed by atoms with Crippen LogP contribution in [0.15, 0.2) is 18.2 Å². The van der Waals surface area contributed by atoms with Gasteiger partial charge in [-0.15, -0.1) is 0 Å². The second-order valence-electron chi connectivity index (χ2n) is 5.67. The molecule has 1 saturated heterocycles. The van der Waals surface area contributed by atoms with Crippen LogP contribution in [0.2, 0.25) is 0 Å². The Labute approximate surface area is 114 Å². The van der Waals surface area contributed by atoms with Gasteiger partial charge in [0.1, 0.15) is 0 Å². The number of amides is 1. The van der Waals surface area contributed by atoms with Crippen molar-refractivity contribution in [3.8, 4) is 0 Å². The molecule has 0 radical (unpaired) electrons. The molecule has 0 aliphatic carbocycles. The van der Waals surface area contributed by atoms with Gasteiger partial charge < -0.3 is 11.5 Å². The predicted molar refractivity (Wildman–Crippen MR) is 76.7 cm³/mol. The number of nitrogens with two attached hydrogens (primary N) is 2. The zero-order valence-electron chi connectivity index (χ0n) is 11.7. The van der Waals surface area contributed by atoms with Crippen LogP contribution < -0.4 is 11.5 Å². The molecule has 1 aliphatic heterocycles. The number of piperidine rings is 1. The maximum Gasteiger partial charge on any atom is 0.248 e. The van der Waals surface area contributed by atoms with Crippen LogP contribution in [0, 0.1) is 12.8 Å². The van der Waals surface area contributed by atoms with Crippen molar-refractivity contribution in [3.63, 3.8) is 0 Å². The minimum absolute atomic E-state index is 0.328. The number of likely N-dealkylation sites (tertiary alicyclic amines) is 1. The molecule has 19 heavy (non-hydrogen) atoms. The van der Waals surface area contributed by atoms with Gasteiger partial charge >= 0.3 is 0 Å². The number of carbonyl (C=O) groups is 1. The van der Waals surface area contributed by atoms with Gasteiger partial charge in [-0.1, -0.05) is 13.0 Å². The monoisotopic (exact) mass is 261 g/mol. The second-order valence-corrected chi connectivity index (χ2v) is 5.67. The Morgan fingerprint density at radius 1 is 1.47 bits per heavy atom. The van der Waals surface area contributed by atoms with E-state index >= 15 is 0 Å². The molecule has 0 bridgehead atoms. The summed E-state index contributed by atoms with van der Waals surface area (Å²) in [6.07, 6.45) is 1.06. The Morgan fingerprint density at radius 2 is 2.21 bits per heavy atom. The van der Waals surface area contributed by atoms with Gasteiger partial charge in [0, 0.05) is 24.7 Å². The van der Waals surface area contributed by atoms with Crippen LogP contribution in [0.4, 0.5) is 0 Å². The van der Waals surface area contributed by atoms with E-state index < -0.39 is 0 Å². The highest BCUT2D eigenvalue weighted by Crippen LogP contribution is 2.19. The Balaban J connectivity index is 2.05. The molecule has 2 unspecified atom stereocenters. The molecule has 2 rings (SSSR count). The lowest BCUT2D eigenvalue weighted by Crippen LogP contribution is -2.45. The molecule has 0 spiro atoms. The third-order valence-corrected chi connectivity index (χ3v) is 4.08. The Bertz CT molecular complexity index is 472. The molecule has 1 amide bonds. The third kappa shape index (κ3) is 3.33. The molecule has 4 nitrogen and oxygen atoms in total. The molecule has 0 aromatic heterocycles. The maximum atomic E-state index is 11.1. The van der Waals surface area contributed by atoms with Gasteiger partial charge in [0.2, 0.25) is 5.91 Å². The highest BCUT2D eigenvalue weighted by atomic mass is 16.1. The Kier molecular flexibility index (Phi) is 4.22. The summed E-state index contributed by atoms with van der Waals surface area (Å²) in [5, 5.41) is 0. The minimum atomic E-state index is -0.368. The fourth-order valence-corrected chi connectivity index (χ4v) is 2.66. The van der Waals surface area contributed by atoms with Gasteiger partial charge in [-0.25, -0.2) is 0 Å². The number of benzene rings is 1. The van der Waals surface area contributed by atoms with Crippen molar-refractivity contribution in [1.29, 1.82) is 0 Å². The van der Waals surface area contributed by atoms with Crippen LogP contribution in [0.5, 0.6) is 0 Å². The Hall–Kier alpha value is -1.39. The first kappa shape index (κ1) is 14.0. The molecule has 4 heteroatoms. The summed E-state index contributed by atoms with van der Waals surface area (Å²) >= 11 is 0. The second kappa shape index (κ2) is 5.72. The van der Waals surface area contributed by atoms with Gasteiger partial charge in [-0.2, -0.15) is 0 Å². The van der Waals surface area contributed by atoms with E-state index in [2.05, 4.69) is 11.8 Å². The quantitative estimate of drug-likeness (QED) is 0.860. The molecule has 1 aromatic carbocycles. The lowest BCUT2D eigenvalue weighted by molar-refractivity contribution is 0.1000. The molecule has 1 fully saturated rings. The number of primary amides is 1. The van der Waals surface area contributed by atoms with E-state index in [0.29, 0.717) is 17.5 Å². The highest BCUT2D eigenvalue weighted by Gasteiger charge is 2.23. The van der Waals surface area contributed by atoms with Crippen molar-refractivity contribution in [1.82, 2.24) is 4.90 Å². The summed E-state index contributed by atoms with van der Waals surface area (Å²) in [6.45, 7) is 7.24. The average Bonchev–Trinajstić information content (AvgIpc) is 2.36. The molecule has 1 aromatic rings. The minimum Gasteiger partial charge on any atom is -0.366 e. The molecular weight excluding hydrogens is 238 g/mol. The standard InChI is InChI=1S/C15H23N3O/c1-10-7-12(15(17)19)3-4-13(10)9-18-6-5-14(16)11(2)8-18/h3-4,7,11,14H,5-6,8-9,16H2,1-2H3,(H2,17,19). The summed E-state index contributed by atoms with van der Waals surface area (Å²) < 4.78 is 0. The van der Waals surface area contributed by atoms with Crippen molar-refractivity contribution in [2.75, 3.05) is 13.1 Å². The Morgan fingerprint density at radius 3 is 2.79 bits per heavy atom. The van der Waals surface area contributed by atoms with E-state index in [9.17, 15) is 4.79 Å². The molecule has 1 heterocycles. The predicted octanol–water partition coefficient (Wildman–Crippen LogP) is 1.26. The van der Waals surface area contributed by atoms with Crippen molar-refractivity contribution in [2.24, 2.45) is 17.4 Å². The average molecular weight is 261 g/mol. The van der Waals surface area contributed by atoms with E-state index in [4.69, 9.17) is 11.5 Å². The lowest BCUT2D eigenvalue weighted by atomic mass is 9.94. The van der Waals surface area contributed by atoms with Gasteiger partial charge in [0.05, 0.1) is 0 Å². The molecule has 1 aliphatic rings. The summed E-state index contributed by atoms with van der Waals surface area (Å²) in [4.78, 5) is 13.6. The third-order valence-electron chi connectivity index (χ3n) is 4.08. The van der Waals surface area contributed by atoms with E-state index in [-0.39, 0.29) is 5.91 Å². The van der Waals surface area contributed by atoms with E-state index in [0.717, 1.165) is 31.6 Å². The van der Waals surface area contributed by atoms with E-state index in [1.165, 1.54) is 5.56 Å². The van der Waals surface area contributed by atoms with Crippen molar-refractivity contribution >= 4 is 5.91 Å².